The van der Waals surface area contributed by atoms with Crippen molar-refractivity contribution in [1.29, 1.82) is 0 Å². The highest BCUT2D eigenvalue weighted by molar-refractivity contribution is 7.89. The maximum Gasteiger partial charge on any atom is 0.242 e. The van der Waals surface area contributed by atoms with Crippen LogP contribution in [0.15, 0.2) is 23.1 Å². The molecule has 2 unspecified atom stereocenters. The number of rotatable bonds is 3. The predicted octanol–water partition coefficient (Wildman–Crippen LogP) is 2.38. The summed E-state index contributed by atoms with van der Waals surface area (Å²) in [4.78, 5) is 2.29. The number of hydrogen-bond donors (Lipinski definition) is 1. The monoisotopic (exact) mass is 332 g/mol. The number of piperidine rings is 1. The minimum absolute atomic E-state index is 0.0557. The molecule has 0 amide bonds. The van der Waals surface area contributed by atoms with E-state index >= 15 is 0 Å². The van der Waals surface area contributed by atoms with Gasteiger partial charge in [-0.25, -0.2) is 17.5 Å². The average Bonchev–Trinajstić information content (AvgIpc) is 2.81. The predicted molar refractivity (Wildman–Crippen MR) is 79.3 cm³/mol. The van der Waals surface area contributed by atoms with Crippen molar-refractivity contribution in [2.75, 3.05) is 13.1 Å². The number of sulfonamides is 1. The molecule has 1 N–H and O–H groups in total. The molecule has 21 heavy (non-hydrogen) atoms. The van der Waals surface area contributed by atoms with Gasteiger partial charge in [0.2, 0.25) is 10.0 Å². The van der Waals surface area contributed by atoms with Crippen LogP contribution < -0.4 is 4.72 Å². The molecule has 1 aromatic carbocycles. The summed E-state index contributed by atoms with van der Waals surface area (Å²) in [5.74, 6) is -0.543. The maximum absolute atomic E-state index is 13.1. The van der Waals surface area contributed by atoms with Crippen LogP contribution in [0.5, 0.6) is 0 Å². The second-order valence-corrected chi connectivity index (χ2v) is 7.78. The van der Waals surface area contributed by atoms with E-state index in [0.29, 0.717) is 0 Å². The van der Waals surface area contributed by atoms with Gasteiger partial charge in [0, 0.05) is 18.6 Å². The first-order valence-corrected chi connectivity index (χ1v) is 9.05. The number of halogens is 2. The topological polar surface area (TPSA) is 49.4 Å². The maximum atomic E-state index is 13.1. The molecule has 2 aliphatic heterocycles. The van der Waals surface area contributed by atoms with Gasteiger partial charge in [0.25, 0.3) is 0 Å². The lowest BCUT2D eigenvalue weighted by Crippen LogP contribution is -2.46. The quantitative estimate of drug-likeness (QED) is 0.924. The Morgan fingerprint density at radius 3 is 2.81 bits per heavy atom. The Bertz CT molecular complexity index is 638. The van der Waals surface area contributed by atoms with Crippen LogP contribution in [0.3, 0.4) is 0 Å². The van der Waals surface area contributed by atoms with Gasteiger partial charge < -0.3 is 0 Å². The van der Waals surface area contributed by atoms with Crippen molar-refractivity contribution in [2.24, 2.45) is 0 Å². The van der Waals surface area contributed by atoms with Gasteiger partial charge in [-0.15, -0.1) is 0 Å². The Kier molecular flexibility index (Phi) is 4.23. The van der Waals surface area contributed by atoms with Crippen LogP contribution in [0.4, 0.5) is 4.39 Å². The number of nitrogens with zero attached hydrogens (tertiary/aromatic N) is 1. The lowest BCUT2D eigenvalue weighted by molar-refractivity contribution is 0.186. The summed E-state index contributed by atoms with van der Waals surface area (Å²) >= 11 is 5.87. The van der Waals surface area contributed by atoms with Gasteiger partial charge in [-0.1, -0.05) is 18.0 Å². The molecule has 7 heteroatoms. The third-order valence-corrected chi connectivity index (χ3v) is 6.32. The highest BCUT2D eigenvalue weighted by Crippen LogP contribution is 2.29. The molecule has 116 valence electrons. The van der Waals surface area contributed by atoms with E-state index in [4.69, 9.17) is 11.6 Å². The number of benzene rings is 1. The van der Waals surface area contributed by atoms with Crippen molar-refractivity contribution in [3.63, 3.8) is 0 Å². The molecule has 4 nitrogen and oxygen atoms in total. The smallest absolute Gasteiger partial charge is 0.242 e. The van der Waals surface area contributed by atoms with Gasteiger partial charge in [-0.2, -0.15) is 0 Å². The van der Waals surface area contributed by atoms with E-state index in [0.717, 1.165) is 44.5 Å². The van der Waals surface area contributed by atoms with Gasteiger partial charge in [0.1, 0.15) is 10.7 Å². The first kappa shape index (κ1) is 15.2. The van der Waals surface area contributed by atoms with Crippen molar-refractivity contribution in [1.82, 2.24) is 9.62 Å². The van der Waals surface area contributed by atoms with E-state index in [2.05, 4.69) is 9.62 Å². The second-order valence-electron chi connectivity index (χ2n) is 5.69. The Morgan fingerprint density at radius 2 is 2.05 bits per heavy atom. The van der Waals surface area contributed by atoms with Gasteiger partial charge >= 0.3 is 0 Å². The Hall–Kier alpha value is -0.690. The molecule has 0 aliphatic carbocycles. The van der Waals surface area contributed by atoms with E-state index in [1.807, 2.05) is 0 Å². The standard InChI is InChI=1S/C14H18ClFN2O2S/c15-11-9-10(16)4-5-14(11)21(19,20)17-12-6-8-18-7-2-1-3-13(12)18/h4-5,9,12-13,17H,1-3,6-8H2. The van der Waals surface area contributed by atoms with Crippen LogP contribution in [0.2, 0.25) is 5.02 Å². The second kappa shape index (κ2) is 5.83. The number of fused-ring (bicyclic) bond motifs is 1. The van der Waals surface area contributed by atoms with Crippen LogP contribution >= 0.6 is 11.6 Å². The molecule has 2 heterocycles. The van der Waals surface area contributed by atoms with Crippen LogP contribution in [-0.4, -0.2) is 38.5 Å². The highest BCUT2D eigenvalue weighted by Gasteiger charge is 2.38. The summed E-state index contributed by atoms with van der Waals surface area (Å²) in [5, 5.41) is -0.0824. The third-order valence-electron chi connectivity index (χ3n) is 4.35. The molecule has 0 radical (unpaired) electrons. The van der Waals surface area contributed by atoms with Crippen molar-refractivity contribution >= 4 is 21.6 Å². The zero-order valence-electron chi connectivity index (χ0n) is 11.6. The molecule has 0 spiro atoms. The van der Waals surface area contributed by atoms with Crippen LogP contribution in [-0.2, 0) is 10.0 Å². The molecule has 0 bridgehead atoms. The Morgan fingerprint density at radius 1 is 1.24 bits per heavy atom. The molecule has 0 saturated carbocycles. The summed E-state index contributed by atoms with van der Waals surface area (Å²) in [5.41, 5.74) is 0. The van der Waals surface area contributed by atoms with E-state index in [9.17, 15) is 12.8 Å². The van der Waals surface area contributed by atoms with E-state index in [-0.39, 0.29) is 22.0 Å². The van der Waals surface area contributed by atoms with Crippen molar-refractivity contribution < 1.29 is 12.8 Å². The molecular formula is C14H18ClFN2O2S. The van der Waals surface area contributed by atoms with Gasteiger partial charge in [-0.05, 0) is 44.0 Å². The molecule has 2 atom stereocenters. The van der Waals surface area contributed by atoms with Crippen molar-refractivity contribution in [3.8, 4) is 0 Å². The zero-order valence-corrected chi connectivity index (χ0v) is 13.1. The highest BCUT2D eigenvalue weighted by atomic mass is 35.5. The van der Waals surface area contributed by atoms with Gasteiger partial charge in [0.05, 0.1) is 5.02 Å². The minimum Gasteiger partial charge on any atom is -0.299 e. The lowest BCUT2D eigenvalue weighted by atomic mass is 10.00. The fraction of sp³-hybridized carbons (Fsp3) is 0.571. The largest absolute Gasteiger partial charge is 0.299 e. The Labute approximate surface area is 129 Å². The fourth-order valence-electron chi connectivity index (χ4n) is 3.34. The summed E-state index contributed by atoms with van der Waals surface area (Å²) in [6, 6.07) is 3.54. The van der Waals surface area contributed by atoms with Crippen LogP contribution in [0, 0.1) is 5.82 Å². The van der Waals surface area contributed by atoms with Crippen LogP contribution in [0.25, 0.3) is 0 Å². The molecule has 3 rings (SSSR count). The first-order chi connectivity index (χ1) is 9.97. The summed E-state index contributed by atoms with van der Waals surface area (Å²) in [7, 11) is -3.72. The third kappa shape index (κ3) is 3.08. The van der Waals surface area contributed by atoms with Crippen LogP contribution in [0.1, 0.15) is 25.7 Å². The number of nitrogens with one attached hydrogen (secondary N) is 1. The molecule has 2 fully saturated rings. The minimum atomic E-state index is -3.72. The zero-order chi connectivity index (χ0) is 15.0. The van der Waals surface area contributed by atoms with Crippen molar-refractivity contribution in [2.45, 2.75) is 42.7 Å². The SMILES string of the molecule is O=S(=O)(NC1CCN2CCCCC12)c1ccc(F)cc1Cl. The molecule has 0 aromatic heterocycles. The molecule has 1 aromatic rings. The Balaban J connectivity index is 1.80. The van der Waals surface area contributed by atoms with E-state index in [1.165, 1.54) is 12.5 Å². The normalized spacial score (nSPS) is 26.8. The molecule has 2 saturated heterocycles. The molecule has 2 aliphatic rings. The van der Waals surface area contributed by atoms with Gasteiger partial charge in [0.15, 0.2) is 0 Å². The first-order valence-electron chi connectivity index (χ1n) is 7.19. The summed E-state index contributed by atoms with van der Waals surface area (Å²) < 4.78 is 40.7. The van der Waals surface area contributed by atoms with E-state index in [1.54, 1.807) is 0 Å². The lowest BCUT2D eigenvalue weighted by Gasteiger charge is -2.32. The average molecular weight is 333 g/mol. The molecular weight excluding hydrogens is 315 g/mol. The van der Waals surface area contributed by atoms with E-state index < -0.39 is 15.8 Å². The fourth-order valence-corrected chi connectivity index (χ4v) is 5.18. The summed E-state index contributed by atoms with van der Waals surface area (Å²) in [6.45, 7) is 1.97. The van der Waals surface area contributed by atoms with Crippen molar-refractivity contribution in [3.05, 3.63) is 29.0 Å². The summed E-state index contributed by atoms with van der Waals surface area (Å²) in [6.07, 6.45) is 4.14. The number of hydrogen-bond acceptors (Lipinski definition) is 3. The van der Waals surface area contributed by atoms with Gasteiger partial charge in [-0.3, -0.25) is 4.90 Å².